The molecule has 2 rings (SSSR count). The molecule has 0 aliphatic carbocycles. The van der Waals surface area contributed by atoms with Gasteiger partial charge < -0.3 is 10.1 Å². The molecule has 0 amide bonds. The normalized spacial score (nSPS) is 10.2. The number of hydrogen-bond acceptors (Lipinski definition) is 4. The fourth-order valence-electron chi connectivity index (χ4n) is 1.37. The zero-order valence-electron chi connectivity index (χ0n) is 9.35. The van der Waals surface area contributed by atoms with Gasteiger partial charge in [-0.3, -0.25) is 0 Å². The molecular formula is C12H12ClN3O. The Morgan fingerprint density at radius 1 is 1.29 bits per heavy atom. The number of nitrogens with zero attached hydrogens (tertiary/aromatic N) is 2. The van der Waals surface area contributed by atoms with E-state index in [-0.39, 0.29) is 0 Å². The zero-order valence-corrected chi connectivity index (χ0v) is 10.1. The largest absolute Gasteiger partial charge is 0.439 e. The Kier molecular flexibility index (Phi) is 3.90. The van der Waals surface area contributed by atoms with E-state index in [1.165, 1.54) is 6.33 Å². The van der Waals surface area contributed by atoms with Gasteiger partial charge in [0, 0.05) is 23.3 Å². The first-order valence-electron chi connectivity index (χ1n) is 5.16. The maximum Gasteiger partial charge on any atom is 0.226 e. The molecule has 0 aliphatic rings. The molecule has 1 aromatic heterocycles. The van der Waals surface area contributed by atoms with Crippen LogP contribution in [0, 0.1) is 0 Å². The molecule has 1 heterocycles. The minimum absolute atomic E-state index is 0.552. The molecular weight excluding hydrogens is 238 g/mol. The van der Waals surface area contributed by atoms with Crippen LogP contribution in [0.15, 0.2) is 36.8 Å². The number of halogens is 1. The number of nitrogens with one attached hydrogen (secondary N) is 1. The Morgan fingerprint density at radius 2 is 2.06 bits per heavy atom. The summed E-state index contributed by atoms with van der Waals surface area (Å²) in [6.45, 7) is 0.657. The fourth-order valence-corrected chi connectivity index (χ4v) is 1.49. The van der Waals surface area contributed by atoms with Gasteiger partial charge in [0.15, 0.2) is 0 Å². The predicted molar refractivity (Wildman–Crippen MR) is 66.3 cm³/mol. The number of aromatic nitrogens is 2. The number of rotatable bonds is 4. The minimum Gasteiger partial charge on any atom is -0.439 e. The molecule has 0 fully saturated rings. The van der Waals surface area contributed by atoms with Crippen LogP contribution in [0.2, 0.25) is 5.02 Å². The van der Waals surface area contributed by atoms with Crippen LogP contribution in [0.3, 0.4) is 0 Å². The van der Waals surface area contributed by atoms with Crippen LogP contribution in [-0.2, 0) is 6.54 Å². The Bertz CT molecular complexity index is 487. The van der Waals surface area contributed by atoms with E-state index in [1.54, 1.807) is 30.5 Å². The highest BCUT2D eigenvalue weighted by Gasteiger charge is 2.05. The molecule has 2 aromatic rings. The van der Waals surface area contributed by atoms with Crippen LogP contribution < -0.4 is 10.1 Å². The lowest BCUT2D eigenvalue weighted by atomic mass is 10.3. The summed E-state index contributed by atoms with van der Waals surface area (Å²) in [5.41, 5.74) is 0.907. The molecule has 0 saturated heterocycles. The minimum atomic E-state index is 0.552. The summed E-state index contributed by atoms with van der Waals surface area (Å²) < 4.78 is 5.67. The van der Waals surface area contributed by atoms with Crippen LogP contribution in [-0.4, -0.2) is 17.0 Å². The predicted octanol–water partition coefficient (Wildman–Crippen LogP) is 2.64. The van der Waals surface area contributed by atoms with E-state index in [0.29, 0.717) is 23.2 Å². The molecule has 0 aliphatic heterocycles. The molecule has 0 radical (unpaired) electrons. The van der Waals surface area contributed by atoms with Crippen molar-refractivity contribution in [2.45, 2.75) is 6.54 Å². The van der Waals surface area contributed by atoms with E-state index in [0.717, 1.165) is 5.56 Å². The highest BCUT2D eigenvalue weighted by molar-refractivity contribution is 6.30. The Labute approximate surface area is 105 Å². The summed E-state index contributed by atoms with van der Waals surface area (Å²) >= 11 is 5.80. The molecule has 5 heteroatoms. The van der Waals surface area contributed by atoms with Gasteiger partial charge in [-0.15, -0.1) is 0 Å². The summed E-state index contributed by atoms with van der Waals surface area (Å²) in [6, 6.07) is 7.15. The second-order valence-electron chi connectivity index (χ2n) is 3.44. The molecule has 0 unspecified atom stereocenters. The van der Waals surface area contributed by atoms with Gasteiger partial charge in [0.05, 0.1) is 0 Å². The highest BCUT2D eigenvalue weighted by atomic mass is 35.5. The first-order chi connectivity index (χ1) is 8.29. The lowest BCUT2D eigenvalue weighted by Gasteiger charge is -2.08. The van der Waals surface area contributed by atoms with Gasteiger partial charge in [0.2, 0.25) is 5.88 Å². The van der Waals surface area contributed by atoms with Crippen molar-refractivity contribution in [2.75, 3.05) is 7.05 Å². The number of hydrogen-bond donors (Lipinski definition) is 1. The van der Waals surface area contributed by atoms with Crippen molar-refractivity contribution in [3.05, 3.63) is 47.4 Å². The molecule has 88 valence electrons. The second-order valence-corrected chi connectivity index (χ2v) is 3.88. The fraction of sp³-hybridized carbons (Fsp3) is 0.167. The quantitative estimate of drug-likeness (QED) is 0.905. The molecule has 17 heavy (non-hydrogen) atoms. The third-order valence-electron chi connectivity index (χ3n) is 2.14. The van der Waals surface area contributed by atoms with Crippen molar-refractivity contribution in [1.29, 1.82) is 0 Å². The maximum atomic E-state index is 5.80. The standard InChI is InChI=1S/C12H12ClN3O/c1-14-6-9-7-15-8-16-12(9)17-11-4-2-10(13)3-5-11/h2-5,7-8,14H,6H2,1H3. The summed E-state index contributed by atoms with van der Waals surface area (Å²) in [7, 11) is 1.86. The van der Waals surface area contributed by atoms with E-state index in [4.69, 9.17) is 16.3 Å². The number of benzene rings is 1. The van der Waals surface area contributed by atoms with Gasteiger partial charge in [-0.05, 0) is 31.3 Å². The molecule has 0 spiro atoms. The zero-order chi connectivity index (χ0) is 12.1. The molecule has 0 bridgehead atoms. The second kappa shape index (κ2) is 5.61. The third-order valence-corrected chi connectivity index (χ3v) is 2.39. The molecule has 0 saturated carbocycles. The molecule has 1 aromatic carbocycles. The molecule has 0 atom stereocenters. The van der Waals surface area contributed by atoms with Crippen LogP contribution in [0.25, 0.3) is 0 Å². The Morgan fingerprint density at radius 3 is 2.76 bits per heavy atom. The van der Waals surface area contributed by atoms with Gasteiger partial charge in [0.25, 0.3) is 0 Å². The van der Waals surface area contributed by atoms with Crippen molar-refractivity contribution >= 4 is 11.6 Å². The lowest BCUT2D eigenvalue weighted by Crippen LogP contribution is -2.07. The van der Waals surface area contributed by atoms with E-state index in [2.05, 4.69) is 15.3 Å². The SMILES string of the molecule is CNCc1cncnc1Oc1ccc(Cl)cc1. The van der Waals surface area contributed by atoms with Crippen LogP contribution in [0.1, 0.15) is 5.56 Å². The molecule has 1 N–H and O–H groups in total. The maximum absolute atomic E-state index is 5.80. The average Bonchev–Trinajstić information content (AvgIpc) is 2.35. The first-order valence-corrected chi connectivity index (χ1v) is 5.54. The van der Waals surface area contributed by atoms with Crippen LogP contribution >= 0.6 is 11.6 Å². The smallest absolute Gasteiger partial charge is 0.226 e. The first kappa shape index (κ1) is 11.8. The van der Waals surface area contributed by atoms with Gasteiger partial charge >= 0.3 is 0 Å². The van der Waals surface area contributed by atoms with Gasteiger partial charge in [-0.1, -0.05) is 11.6 Å². The highest BCUT2D eigenvalue weighted by Crippen LogP contribution is 2.23. The third kappa shape index (κ3) is 3.15. The summed E-state index contributed by atoms with van der Waals surface area (Å²) in [5, 5.41) is 3.71. The van der Waals surface area contributed by atoms with Crippen molar-refractivity contribution < 1.29 is 4.74 Å². The van der Waals surface area contributed by atoms with E-state index in [1.807, 2.05) is 7.05 Å². The average molecular weight is 250 g/mol. The van der Waals surface area contributed by atoms with E-state index < -0.39 is 0 Å². The topological polar surface area (TPSA) is 47.0 Å². The van der Waals surface area contributed by atoms with Crippen LogP contribution in [0.4, 0.5) is 0 Å². The van der Waals surface area contributed by atoms with Crippen molar-refractivity contribution in [3.8, 4) is 11.6 Å². The van der Waals surface area contributed by atoms with Crippen molar-refractivity contribution in [2.24, 2.45) is 0 Å². The van der Waals surface area contributed by atoms with Gasteiger partial charge in [-0.25, -0.2) is 9.97 Å². The Hall–Kier alpha value is -1.65. The summed E-state index contributed by atoms with van der Waals surface area (Å²) in [6.07, 6.45) is 3.19. The van der Waals surface area contributed by atoms with E-state index >= 15 is 0 Å². The lowest BCUT2D eigenvalue weighted by molar-refractivity contribution is 0.452. The van der Waals surface area contributed by atoms with Gasteiger partial charge in [-0.2, -0.15) is 0 Å². The monoisotopic (exact) mass is 249 g/mol. The molecule has 4 nitrogen and oxygen atoms in total. The van der Waals surface area contributed by atoms with E-state index in [9.17, 15) is 0 Å². The number of ether oxygens (including phenoxy) is 1. The summed E-state index contributed by atoms with van der Waals surface area (Å²) in [4.78, 5) is 8.08. The van der Waals surface area contributed by atoms with Crippen molar-refractivity contribution in [1.82, 2.24) is 15.3 Å². The van der Waals surface area contributed by atoms with Crippen LogP contribution in [0.5, 0.6) is 11.6 Å². The van der Waals surface area contributed by atoms with Crippen molar-refractivity contribution in [3.63, 3.8) is 0 Å². The Balaban J connectivity index is 2.20. The summed E-state index contributed by atoms with van der Waals surface area (Å²) in [5.74, 6) is 1.25. The van der Waals surface area contributed by atoms with Gasteiger partial charge in [0.1, 0.15) is 12.1 Å².